The fourth-order valence-corrected chi connectivity index (χ4v) is 5.63. The third kappa shape index (κ3) is 5.31. The number of nitrogens with one attached hydrogen (secondary N) is 1. The maximum Gasteiger partial charge on any atom is 0.335 e. The van der Waals surface area contributed by atoms with Crippen molar-refractivity contribution < 1.29 is 32.3 Å². The van der Waals surface area contributed by atoms with Gasteiger partial charge in [0.25, 0.3) is 0 Å². The minimum absolute atomic E-state index is 0.0203. The maximum atomic E-state index is 14.3. The van der Waals surface area contributed by atoms with Gasteiger partial charge in [-0.1, -0.05) is 18.2 Å². The van der Waals surface area contributed by atoms with Gasteiger partial charge in [-0.25, -0.2) is 22.3 Å². The van der Waals surface area contributed by atoms with Crippen LogP contribution in [0.2, 0.25) is 0 Å². The van der Waals surface area contributed by atoms with E-state index in [4.69, 9.17) is 0 Å². The summed E-state index contributed by atoms with van der Waals surface area (Å²) >= 11 is 0. The normalized spacial score (nSPS) is 18.0. The molecule has 2 aromatic carbocycles. The molecule has 2 N–H and O–H groups in total. The molecule has 4 rings (SSSR count). The molecular formula is C25H26FN3O6S. The number of aromatic nitrogens is 1. The fraction of sp³-hybridized carbons (Fsp3) is 0.320. The molecule has 0 aliphatic carbocycles. The van der Waals surface area contributed by atoms with Crippen molar-refractivity contribution in [1.82, 2.24) is 14.2 Å². The maximum absolute atomic E-state index is 14.3. The number of ketones is 1. The van der Waals surface area contributed by atoms with E-state index in [2.05, 4.69) is 4.72 Å². The highest BCUT2D eigenvalue weighted by Crippen LogP contribution is 2.27. The Labute approximate surface area is 207 Å². The average molecular weight is 516 g/mol. The number of rotatable bonds is 9. The highest BCUT2D eigenvalue weighted by molar-refractivity contribution is 7.89. The molecule has 1 aromatic heterocycles. The Bertz CT molecular complexity index is 1420. The lowest BCUT2D eigenvalue weighted by Crippen LogP contribution is -2.40. The Hall–Kier alpha value is -3.57. The monoisotopic (exact) mass is 515 g/mol. The van der Waals surface area contributed by atoms with Crippen LogP contribution < -0.4 is 4.72 Å². The summed E-state index contributed by atoms with van der Waals surface area (Å²) in [6.45, 7) is 1.12. The summed E-state index contributed by atoms with van der Waals surface area (Å²) in [7, 11) is -3.72. The first kappa shape index (κ1) is 25.5. The molecule has 0 saturated carbocycles. The third-order valence-corrected chi connectivity index (χ3v) is 7.80. The van der Waals surface area contributed by atoms with Crippen LogP contribution in [0.3, 0.4) is 0 Å². The molecule has 0 radical (unpaired) electrons. The van der Waals surface area contributed by atoms with Crippen LogP contribution in [0.1, 0.15) is 40.5 Å². The van der Waals surface area contributed by atoms with Gasteiger partial charge in [0.15, 0.2) is 5.78 Å². The number of fused-ring (bicyclic) bond motifs is 1. The number of carbonyl (C=O) groups excluding carboxylic acids is 2. The summed E-state index contributed by atoms with van der Waals surface area (Å²) in [6, 6.07) is 11.7. The van der Waals surface area contributed by atoms with Crippen molar-refractivity contribution in [1.29, 1.82) is 0 Å². The molecule has 2 heterocycles. The van der Waals surface area contributed by atoms with E-state index in [1.165, 1.54) is 48.4 Å². The Morgan fingerprint density at radius 3 is 2.53 bits per heavy atom. The predicted octanol–water partition coefficient (Wildman–Crippen LogP) is 2.85. The topological polar surface area (TPSA) is 126 Å². The van der Waals surface area contributed by atoms with Crippen molar-refractivity contribution in [2.75, 3.05) is 13.1 Å². The van der Waals surface area contributed by atoms with Gasteiger partial charge in [0, 0.05) is 41.7 Å². The average Bonchev–Trinajstić information content (AvgIpc) is 3.39. The van der Waals surface area contributed by atoms with Gasteiger partial charge in [0.05, 0.1) is 17.0 Å². The van der Waals surface area contributed by atoms with E-state index in [1.54, 1.807) is 22.8 Å². The first-order valence-electron chi connectivity index (χ1n) is 11.4. The molecule has 1 aliphatic rings. The molecule has 9 nitrogen and oxygen atoms in total. The van der Waals surface area contributed by atoms with Gasteiger partial charge >= 0.3 is 5.97 Å². The Morgan fingerprint density at radius 1 is 1.14 bits per heavy atom. The van der Waals surface area contributed by atoms with Crippen molar-refractivity contribution in [3.8, 4) is 0 Å². The SMILES string of the molecule is CC(=O)c1cn(CC(=O)N2C[C@H](F)C[C@H]2CCNS(=O)(=O)c2ccccc2)c2ccc(C(=O)O)cc12. The molecule has 1 saturated heterocycles. The number of carboxylic acids is 1. The number of nitrogens with zero attached hydrogens (tertiary/aromatic N) is 2. The lowest BCUT2D eigenvalue weighted by atomic mass is 10.1. The van der Waals surface area contributed by atoms with E-state index in [-0.39, 0.29) is 60.2 Å². The van der Waals surface area contributed by atoms with E-state index in [9.17, 15) is 32.3 Å². The first-order valence-corrected chi connectivity index (χ1v) is 12.9. The van der Waals surface area contributed by atoms with Gasteiger partial charge in [-0.15, -0.1) is 0 Å². The van der Waals surface area contributed by atoms with Crippen LogP contribution >= 0.6 is 0 Å². The quantitative estimate of drug-likeness (QED) is 0.422. The smallest absolute Gasteiger partial charge is 0.335 e. The highest BCUT2D eigenvalue weighted by Gasteiger charge is 2.35. The highest BCUT2D eigenvalue weighted by atomic mass is 32.2. The number of hydrogen-bond acceptors (Lipinski definition) is 5. The second kappa shape index (κ2) is 10.2. The van der Waals surface area contributed by atoms with Crippen LogP contribution in [-0.4, -0.2) is 66.0 Å². The molecule has 11 heteroatoms. The van der Waals surface area contributed by atoms with E-state index < -0.39 is 28.2 Å². The van der Waals surface area contributed by atoms with Crippen LogP contribution in [0, 0.1) is 0 Å². The summed E-state index contributed by atoms with van der Waals surface area (Å²) < 4.78 is 43.2. The van der Waals surface area contributed by atoms with Gasteiger partial charge in [-0.3, -0.25) is 9.59 Å². The number of alkyl halides is 1. The molecule has 190 valence electrons. The summed E-state index contributed by atoms with van der Waals surface area (Å²) in [5, 5.41) is 9.70. The number of halogens is 1. The van der Waals surface area contributed by atoms with E-state index in [0.717, 1.165) is 0 Å². The minimum atomic E-state index is -3.72. The molecule has 0 bridgehead atoms. The van der Waals surface area contributed by atoms with Gasteiger partial charge < -0.3 is 14.6 Å². The third-order valence-electron chi connectivity index (χ3n) is 6.32. The molecule has 1 amide bonds. The lowest BCUT2D eigenvalue weighted by Gasteiger charge is -2.25. The predicted molar refractivity (Wildman–Crippen MR) is 130 cm³/mol. The molecule has 1 aliphatic heterocycles. The summed E-state index contributed by atoms with van der Waals surface area (Å²) in [5.41, 5.74) is 0.825. The number of likely N-dealkylation sites (tertiary alicyclic amines) is 1. The Balaban J connectivity index is 1.48. The van der Waals surface area contributed by atoms with Gasteiger partial charge in [-0.2, -0.15) is 0 Å². The van der Waals surface area contributed by atoms with Crippen molar-refractivity contribution in [3.05, 3.63) is 65.9 Å². The van der Waals surface area contributed by atoms with Crippen LogP contribution in [0.15, 0.2) is 59.6 Å². The van der Waals surface area contributed by atoms with Crippen LogP contribution in [0.5, 0.6) is 0 Å². The number of carboxylic acid groups (broad SMARTS) is 1. The summed E-state index contributed by atoms with van der Waals surface area (Å²) in [4.78, 5) is 38.2. The molecule has 0 unspecified atom stereocenters. The molecule has 36 heavy (non-hydrogen) atoms. The van der Waals surface area contributed by atoms with Crippen molar-refractivity contribution in [3.63, 3.8) is 0 Å². The minimum Gasteiger partial charge on any atom is -0.478 e. The molecule has 2 atom stereocenters. The van der Waals surface area contributed by atoms with Crippen LogP contribution in [0.25, 0.3) is 10.9 Å². The largest absolute Gasteiger partial charge is 0.478 e. The zero-order valence-electron chi connectivity index (χ0n) is 19.6. The number of aromatic carboxylic acids is 1. The molecule has 0 spiro atoms. The van der Waals surface area contributed by atoms with Crippen LogP contribution in [0.4, 0.5) is 4.39 Å². The number of hydrogen-bond donors (Lipinski definition) is 2. The van der Waals surface area contributed by atoms with E-state index >= 15 is 0 Å². The number of benzene rings is 2. The van der Waals surface area contributed by atoms with E-state index in [1.807, 2.05) is 0 Å². The summed E-state index contributed by atoms with van der Waals surface area (Å²) in [5.74, 6) is -1.78. The van der Waals surface area contributed by atoms with Crippen LogP contribution in [-0.2, 0) is 21.4 Å². The Morgan fingerprint density at radius 2 is 1.86 bits per heavy atom. The molecule has 1 fully saturated rings. The standard InChI is InChI=1S/C25H26FN3O6S/c1-16(30)22-14-28(23-8-7-17(25(32)33)11-21(22)23)15-24(31)29-13-18(26)12-19(29)9-10-27-36(34,35)20-5-3-2-4-6-20/h2-8,11,14,18-19,27H,9-10,12-13,15H2,1H3,(H,32,33)/t18-,19-/m1/s1. The van der Waals surface area contributed by atoms with Crippen molar-refractivity contribution in [2.45, 2.75) is 43.4 Å². The second-order valence-corrected chi connectivity index (χ2v) is 10.6. The zero-order valence-corrected chi connectivity index (χ0v) is 20.4. The fourth-order valence-electron chi connectivity index (χ4n) is 4.56. The summed E-state index contributed by atoms with van der Waals surface area (Å²) in [6.07, 6.45) is 0.622. The number of sulfonamides is 1. The van der Waals surface area contributed by atoms with Gasteiger partial charge in [0.2, 0.25) is 15.9 Å². The number of carbonyl (C=O) groups is 3. The molecule has 3 aromatic rings. The zero-order chi connectivity index (χ0) is 26.0. The Kier molecular flexibility index (Phi) is 7.23. The number of Topliss-reactive ketones (excluding diaryl/α,β-unsaturated/α-hetero) is 1. The van der Waals surface area contributed by atoms with Crippen molar-refractivity contribution in [2.24, 2.45) is 0 Å². The second-order valence-electron chi connectivity index (χ2n) is 8.80. The first-order chi connectivity index (χ1) is 17.1. The van der Waals surface area contributed by atoms with Gasteiger partial charge in [0.1, 0.15) is 12.7 Å². The molecular weight excluding hydrogens is 489 g/mol. The van der Waals surface area contributed by atoms with Gasteiger partial charge in [-0.05, 0) is 43.7 Å². The van der Waals surface area contributed by atoms with Crippen molar-refractivity contribution >= 4 is 38.6 Å². The lowest BCUT2D eigenvalue weighted by molar-refractivity contribution is -0.132. The number of amides is 1. The van der Waals surface area contributed by atoms with E-state index in [0.29, 0.717) is 10.9 Å².